The summed E-state index contributed by atoms with van der Waals surface area (Å²) in [4.78, 5) is 11.7. The molecule has 1 aromatic rings. The Morgan fingerprint density at radius 2 is 2.00 bits per heavy atom. The van der Waals surface area contributed by atoms with Crippen LogP contribution in [0.2, 0.25) is 0 Å². The summed E-state index contributed by atoms with van der Waals surface area (Å²) < 4.78 is 31.9. The molecule has 1 aromatic carbocycles. The molecular weight excluding hydrogens is 372 g/mol. The summed E-state index contributed by atoms with van der Waals surface area (Å²) in [6.07, 6.45) is 1.57. The van der Waals surface area contributed by atoms with Gasteiger partial charge in [0.05, 0.1) is 17.6 Å². The van der Waals surface area contributed by atoms with Gasteiger partial charge in [-0.2, -0.15) is 4.31 Å². The molecule has 0 atom stereocenters. The number of piperidine rings is 1. The van der Waals surface area contributed by atoms with Crippen LogP contribution >= 0.6 is 15.9 Å². The quantitative estimate of drug-likeness (QED) is 0.790. The Morgan fingerprint density at radius 3 is 2.50 bits per heavy atom. The molecule has 0 unspecified atom stereocenters. The molecule has 1 aliphatic heterocycles. The lowest BCUT2D eigenvalue weighted by molar-refractivity contribution is 0.0600. The van der Waals surface area contributed by atoms with Crippen LogP contribution in [0.3, 0.4) is 0 Å². The first kappa shape index (κ1) is 17.4. The van der Waals surface area contributed by atoms with Crippen LogP contribution in [0.25, 0.3) is 0 Å². The number of carbonyl (C=O) groups is 1. The zero-order valence-corrected chi connectivity index (χ0v) is 14.9. The number of hydrogen-bond donors (Lipinski definition) is 1. The van der Waals surface area contributed by atoms with Crippen molar-refractivity contribution in [3.8, 4) is 0 Å². The van der Waals surface area contributed by atoms with Crippen molar-refractivity contribution in [1.29, 1.82) is 0 Å². The van der Waals surface area contributed by atoms with Gasteiger partial charge in [-0.3, -0.25) is 0 Å². The van der Waals surface area contributed by atoms with Crippen LogP contribution in [0.4, 0.5) is 0 Å². The number of hydrogen-bond acceptors (Lipinski definition) is 5. The highest BCUT2D eigenvalue weighted by molar-refractivity contribution is 9.10. The predicted molar refractivity (Wildman–Crippen MR) is 86.3 cm³/mol. The van der Waals surface area contributed by atoms with Gasteiger partial charge in [0.15, 0.2) is 0 Å². The van der Waals surface area contributed by atoms with Crippen molar-refractivity contribution >= 4 is 31.9 Å². The average Bonchev–Trinajstić information content (AvgIpc) is 2.53. The zero-order chi connectivity index (χ0) is 16.3. The van der Waals surface area contributed by atoms with Crippen molar-refractivity contribution in [2.75, 3.05) is 27.2 Å². The van der Waals surface area contributed by atoms with Crippen molar-refractivity contribution in [1.82, 2.24) is 9.62 Å². The minimum Gasteiger partial charge on any atom is -0.465 e. The number of ether oxygens (including phenoxy) is 1. The molecule has 0 aromatic heterocycles. The van der Waals surface area contributed by atoms with Crippen molar-refractivity contribution in [2.24, 2.45) is 0 Å². The van der Waals surface area contributed by atoms with E-state index in [0.29, 0.717) is 29.2 Å². The summed E-state index contributed by atoms with van der Waals surface area (Å²) in [5.41, 5.74) is 0.308. The number of esters is 1. The molecule has 0 saturated carbocycles. The molecule has 0 amide bonds. The van der Waals surface area contributed by atoms with Gasteiger partial charge in [-0.1, -0.05) is 0 Å². The Morgan fingerprint density at radius 1 is 1.36 bits per heavy atom. The van der Waals surface area contributed by atoms with E-state index in [1.165, 1.54) is 29.6 Å². The first-order valence-corrected chi connectivity index (χ1v) is 9.18. The van der Waals surface area contributed by atoms with E-state index in [9.17, 15) is 13.2 Å². The Bertz CT molecular complexity index is 655. The Kier molecular flexibility index (Phi) is 5.60. The second kappa shape index (κ2) is 7.08. The third-order valence-electron chi connectivity index (χ3n) is 3.83. The smallest absolute Gasteiger partial charge is 0.337 e. The lowest BCUT2D eigenvalue weighted by Gasteiger charge is -2.31. The molecule has 1 aliphatic rings. The van der Waals surface area contributed by atoms with E-state index >= 15 is 0 Å². The number of nitrogens with zero attached hydrogens (tertiary/aromatic N) is 1. The number of methoxy groups -OCH3 is 1. The maximum Gasteiger partial charge on any atom is 0.337 e. The molecule has 0 radical (unpaired) electrons. The molecule has 22 heavy (non-hydrogen) atoms. The van der Waals surface area contributed by atoms with E-state index in [1.807, 2.05) is 7.05 Å². The second-order valence-electron chi connectivity index (χ2n) is 5.10. The van der Waals surface area contributed by atoms with Crippen LogP contribution in [0, 0.1) is 0 Å². The molecule has 1 fully saturated rings. The van der Waals surface area contributed by atoms with Crippen molar-refractivity contribution < 1.29 is 17.9 Å². The van der Waals surface area contributed by atoms with Crippen LogP contribution in [-0.4, -0.2) is 52.0 Å². The number of rotatable bonds is 4. The third-order valence-corrected chi connectivity index (χ3v) is 6.71. The highest BCUT2D eigenvalue weighted by Gasteiger charge is 2.30. The topological polar surface area (TPSA) is 75.7 Å². The maximum absolute atomic E-state index is 12.7. The number of halogens is 1. The summed E-state index contributed by atoms with van der Waals surface area (Å²) in [5.74, 6) is -0.500. The lowest BCUT2D eigenvalue weighted by Crippen LogP contribution is -2.43. The normalized spacial score (nSPS) is 17.4. The van der Waals surface area contributed by atoms with Gasteiger partial charge in [0.2, 0.25) is 10.0 Å². The second-order valence-corrected chi connectivity index (χ2v) is 7.86. The van der Waals surface area contributed by atoms with Crippen LogP contribution in [0.15, 0.2) is 27.6 Å². The van der Waals surface area contributed by atoms with Gasteiger partial charge in [0, 0.05) is 23.6 Å². The van der Waals surface area contributed by atoms with Crippen molar-refractivity contribution in [3.05, 3.63) is 28.2 Å². The number of benzene rings is 1. The van der Waals surface area contributed by atoms with Crippen molar-refractivity contribution in [2.45, 2.75) is 23.8 Å². The minimum absolute atomic E-state index is 0.170. The molecule has 0 aliphatic carbocycles. The van der Waals surface area contributed by atoms with Gasteiger partial charge in [-0.05, 0) is 54.0 Å². The first-order valence-electron chi connectivity index (χ1n) is 6.95. The standard InChI is InChI=1S/C14H19BrN2O4S/c1-16-11-5-7-17(8-6-11)22(19,20)13-4-3-10(9-12(13)15)14(18)21-2/h3-4,9,11,16H,5-8H2,1-2H3. The number of nitrogens with one attached hydrogen (secondary N) is 1. The zero-order valence-electron chi connectivity index (χ0n) is 12.5. The maximum atomic E-state index is 12.7. The predicted octanol–water partition coefficient (Wildman–Crippen LogP) is 1.61. The fraction of sp³-hybridized carbons (Fsp3) is 0.500. The van der Waals surface area contributed by atoms with Crippen LogP contribution in [0.5, 0.6) is 0 Å². The first-order chi connectivity index (χ1) is 10.4. The molecule has 6 nitrogen and oxygen atoms in total. The molecule has 0 spiro atoms. The van der Waals surface area contributed by atoms with Gasteiger partial charge in [0.25, 0.3) is 0 Å². The minimum atomic E-state index is -3.57. The van der Waals surface area contributed by atoms with Crippen LogP contribution in [0.1, 0.15) is 23.2 Å². The van der Waals surface area contributed by atoms with E-state index in [4.69, 9.17) is 0 Å². The molecule has 122 valence electrons. The van der Waals surface area contributed by atoms with E-state index < -0.39 is 16.0 Å². The average molecular weight is 391 g/mol. The molecule has 0 bridgehead atoms. The Hall–Kier alpha value is -0.960. The Balaban J connectivity index is 2.25. The third kappa shape index (κ3) is 3.51. The summed E-state index contributed by atoms with van der Waals surface area (Å²) in [5, 5.41) is 3.17. The molecule has 1 heterocycles. The molecule has 1 N–H and O–H groups in total. The van der Waals surface area contributed by atoms with Crippen LogP contribution in [-0.2, 0) is 14.8 Å². The van der Waals surface area contributed by atoms with E-state index in [-0.39, 0.29) is 4.90 Å². The van der Waals surface area contributed by atoms with Gasteiger partial charge in [0.1, 0.15) is 0 Å². The lowest BCUT2D eigenvalue weighted by atomic mass is 10.1. The molecule has 2 rings (SSSR count). The van der Waals surface area contributed by atoms with Crippen molar-refractivity contribution in [3.63, 3.8) is 0 Å². The van der Waals surface area contributed by atoms with Gasteiger partial charge >= 0.3 is 5.97 Å². The fourth-order valence-corrected chi connectivity index (χ4v) is 4.99. The van der Waals surface area contributed by atoms with E-state index in [1.54, 1.807) is 0 Å². The Labute approximate surface area is 139 Å². The van der Waals surface area contributed by atoms with Gasteiger partial charge in [-0.25, -0.2) is 13.2 Å². The monoisotopic (exact) mass is 390 g/mol. The van der Waals surface area contributed by atoms with Crippen LogP contribution < -0.4 is 5.32 Å². The highest BCUT2D eigenvalue weighted by Crippen LogP contribution is 2.28. The summed E-state index contributed by atoms with van der Waals surface area (Å²) in [7, 11) is -0.397. The van der Waals surface area contributed by atoms with E-state index in [2.05, 4.69) is 26.0 Å². The number of carbonyl (C=O) groups excluding carboxylic acids is 1. The summed E-state index contributed by atoms with van der Waals surface area (Å²) >= 11 is 3.25. The highest BCUT2D eigenvalue weighted by atomic mass is 79.9. The van der Waals surface area contributed by atoms with E-state index in [0.717, 1.165) is 12.8 Å². The van der Waals surface area contributed by atoms with Gasteiger partial charge < -0.3 is 10.1 Å². The molecule has 1 saturated heterocycles. The molecular formula is C14H19BrN2O4S. The summed E-state index contributed by atoms with van der Waals surface area (Å²) in [6.45, 7) is 0.970. The SMILES string of the molecule is CNC1CCN(S(=O)(=O)c2ccc(C(=O)OC)cc2Br)CC1. The molecule has 8 heteroatoms. The summed E-state index contributed by atoms with van der Waals surface area (Å²) in [6, 6.07) is 4.73. The fourth-order valence-electron chi connectivity index (χ4n) is 2.48. The van der Waals surface area contributed by atoms with Gasteiger partial charge in [-0.15, -0.1) is 0 Å². The largest absolute Gasteiger partial charge is 0.465 e. The number of sulfonamides is 1.